The topological polar surface area (TPSA) is 19.4 Å². The van der Waals surface area contributed by atoms with E-state index in [1.165, 1.54) is 32.4 Å². The molecule has 0 aliphatic carbocycles. The first-order valence-electron chi connectivity index (χ1n) is 6.87. The lowest BCUT2D eigenvalue weighted by Crippen LogP contribution is -2.55. The van der Waals surface area contributed by atoms with Crippen molar-refractivity contribution >= 4 is 17.4 Å². The van der Waals surface area contributed by atoms with Crippen molar-refractivity contribution in [2.24, 2.45) is 0 Å². The molecular formula is C14H20ClN3. The molecule has 1 aromatic rings. The minimum atomic E-state index is 0.568. The maximum absolute atomic E-state index is 5.89. The predicted octanol–water partition coefficient (Wildman–Crippen LogP) is 2.49. The fourth-order valence-corrected chi connectivity index (χ4v) is 3.25. The third-order valence-electron chi connectivity index (χ3n) is 4.13. The average molecular weight is 266 g/mol. The number of piperazine rings is 1. The number of aromatic nitrogens is 1. The van der Waals surface area contributed by atoms with Gasteiger partial charge in [-0.1, -0.05) is 6.42 Å². The number of pyridine rings is 1. The summed E-state index contributed by atoms with van der Waals surface area (Å²) in [6.45, 7) is 4.68. The molecule has 2 saturated heterocycles. The summed E-state index contributed by atoms with van der Waals surface area (Å²) in [5, 5.41) is 0. The van der Waals surface area contributed by atoms with Crippen LogP contribution in [0, 0.1) is 0 Å². The molecule has 2 aliphatic heterocycles. The molecule has 1 unspecified atom stereocenters. The van der Waals surface area contributed by atoms with E-state index in [0.29, 0.717) is 5.88 Å². The molecule has 2 fully saturated rings. The summed E-state index contributed by atoms with van der Waals surface area (Å²) < 4.78 is 0. The van der Waals surface area contributed by atoms with E-state index in [0.717, 1.165) is 30.5 Å². The molecule has 2 aliphatic rings. The summed E-state index contributed by atoms with van der Waals surface area (Å²) in [6, 6.07) is 4.85. The number of alkyl halides is 1. The minimum absolute atomic E-state index is 0.568. The molecule has 0 saturated carbocycles. The first-order chi connectivity index (χ1) is 8.86. The van der Waals surface area contributed by atoms with Crippen LogP contribution in [-0.2, 0) is 5.88 Å². The van der Waals surface area contributed by atoms with Gasteiger partial charge in [0.2, 0.25) is 0 Å². The molecule has 3 nitrogen and oxygen atoms in total. The van der Waals surface area contributed by atoms with Gasteiger partial charge in [-0.2, -0.15) is 0 Å². The number of rotatable bonds is 2. The lowest BCUT2D eigenvalue weighted by atomic mass is 9.99. The quantitative estimate of drug-likeness (QED) is 0.766. The molecule has 1 aromatic heterocycles. The smallest absolute Gasteiger partial charge is 0.128 e. The highest BCUT2D eigenvalue weighted by molar-refractivity contribution is 6.17. The highest BCUT2D eigenvalue weighted by atomic mass is 35.5. The van der Waals surface area contributed by atoms with Gasteiger partial charge in [0.25, 0.3) is 0 Å². The number of hydrogen-bond acceptors (Lipinski definition) is 3. The number of nitrogens with zero attached hydrogens (tertiary/aromatic N) is 3. The third kappa shape index (κ3) is 2.47. The summed E-state index contributed by atoms with van der Waals surface area (Å²) in [6.07, 6.45) is 5.96. The van der Waals surface area contributed by atoms with Crippen LogP contribution in [0.4, 0.5) is 5.82 Å². The summed E-state index contributed by atoms with van der Waals surface area (Å²) in [5.74, 6) is 1.66. The van der Waals surface area contributed by atoms with Crippen LogP contribution < -0.4 is 4.90 Å². The summed E-state index contributed by atoms with van der Waals surface area (Å²) >= 11 is 5.89. The SMILES string of the molecule is ClCc1ccnc(N2CCN3CCCCC3C2)c1. The van der Waals surface area contributed by atoms with Crippen molar-refractivity contribution in [2.75, 3.05) is 31.1 Å². The van der Waals surface area contributed by atoms with E-state index in [1.807, 2.05) is 12.3 Å². The van der Waals surface area contributed by atoms with Gasteiger partial charge in [-0.05, 0) is 37.1 Å². The molecule has 0 radical (unpaired) electrons. The minimum Gasteiger partial charge on any atom is -0.354 e. The number of hydrogen-bond donors (Lipinski definition) is 0. The second kappa shape index (κ2) is 5.45. The molecule has 18 heavy (non-hydrogen) atoms. The van der Waals surface area contributed by atoms with Gasteiger partial charge >= 0.3 is 0 Å². The van der Waals surface area contributed by atoms with E-state index >= 15 is 0 Å². The van der Waals surface area contributed by atoms with Gasteiger partial charge in [-0.3, -0.25) is 4.90 Å². The molecule has 0 spiro atoms. The van der Waals surface area contributed by atoms with Gasteiger partial charge in [0.15, 0.2) is 0 Å². The average Bonchev–Trinajstić information content (AvgIpc) is 2.47. The van der Waals surface area contributed by atoms with E-state index in [9.17, 15) is 0 Å². The van der Waals surface area contributed by atoms with E-state index in [2.05, 4.69) is 20.9 Å². The lowest BCUT2D eigenvalue weighted by molar-refractivity contribution is 0.133. The Bertz CT molecular complexity index is 410. The van der Waals surface area contributed by atoms with Crippen molar-refractivity contribution in [1.29, 1.82) is 0 Å². The number of anilines is 1. The van der Waals surface area contributed by atoms with E-state index in [4.69, 9.17) is 11.6 Å². The summed E-state index contributed by atoms with van der Waals surface area (Å²) in [4.78, 5) is 9.56. The standard InChI is InChI=1S/C14H20ClN3/c15-10-12-4-5-16-14(9-12)18-8-7-17-6-2-1-3-13(17)11-18/h4-5,9,13H,1-3,6-8,10-11H2. The number of fused-ring (bicyclic) bond motifs is 1. The van der Waals surface area contributed by atoms with Crippen molar-refractivity contribution in [3.8, 4) is 0 Å². The zero-order valence-corrected chi connectivity index (χ0v) is 11.4. The van der Waals surface area contributed by atoms with Gasteiger partial charge in [0.05, 0.1) is 0 Å². The largest absolute Gasteiger partial charge is 0.354 e. The van der Waals surface area contributed by atoms with Crippen molar-refractivity contribution < 1.29 is 0 Å². The maximum atomic E-state index is 5.89. The van der Waals surface area contributed by atoms with Gasteiger partial charge in [-0.15, -0.1) is 11.6 Å². The Labute approximate surface area is 114 Å². The normalized spacial score (nSPS) is 24.9. The van der Waals surface area contributed by atoms with Crippen molar-refractivity contribution in [3.63, 3.8) is 0 Å². The highest BCUT2D eigenvalue weighted by Crippen LogP contribution is 2.24. The highest BCUT2D eigenvalue weighted by Gasteiger charge is 2.29. The van der Waals surface area contributed by atoms with Gasteiger partial charge in [0.1, 0.15) is 5.82 Å². The van der Waals surface area contributed by atoms with E-state index in [1.54, 1.807) is 0 Å². The molecule has 3 heterocycles. The Kier molecular flexibility index (Phi) is 3.71. The molecular weight excluding hydrogens is 246 g/mol. The molecule has 0 aromatic carbocycles. The number of piperidine rings is 1. The third-order valence-corrected chi connectivity index (χ3v) is 4.43. The molecule has 4 heteroatoms. The zero-order chi connectivity index (χ0) is 12.4. The lowest BCUT2D eigenvalue weighted by Gasteiger charge is -2.44. The van der Waals surface area contributed by atoms with Gasteiger partial charge in [-0.25, -0.2) is 4.98 Å². The van der Waals surface area contributed by atoms with Crippen molar-refractivity contribution in [2.45, 2.75) is 31.2 Å². The van der Waals surface area contributed by atoms with Crippen LogP contribution in [0.1, 0.15) is 24.8 Å². The van der Waals surface area contributed by atoms with Gasteiger partial charge in [0, 0.05) is 37.8 Å². The van der Waals surface area contributed by atoms with Crippen LogP contribution in [0.3, 0.4) is 0 Å². The predicted molar refractivity (Wildman–Crippen MR) is 75.2 cm³/mol. The van der Waals surface area contributed by atoms with Crippen LogP contribution in [-0.4, -0.2) is 42.1 Å². The van der Waals surface area contributed by atoms with Crippen molar-refractivity contribution in [3.05, 3.63) is 23.9 Å². The first-order valence-corrected chi connectivity index (χ1v) is 7.40. The Balaban J connectivity index is 1.72. The maximum Gasteiger partial charge on any atom is 0.128 e. The molecule has 3 rings (SSSR count). The summed E-state index contributed by atoms with van der Waals surface area (Å²) in [5.41, 5.74) is 1.16. The van der Waals surface area contributed by atoms with Crippen LogP contribution in [0.15, 0.2) is 18.3 Å². The van der Waals surface area contributed by atoms with E-state index < -0.39 is 0 Å². The fraction of sp³-hybridized carbons (Fsp3) is 0.643. The van der Waals surface area contributed by atoms with Crippen LogP contribution in [0.2, 0.25) is 0 Å². The Morgan fingerprint density at radius 2 is 2.22 bits per heavy atom. The van der Waals surface area contributed by atoms with Crippen LogP contribution in [0.5, 0.6) is 0 Å². The Morgan fingerprint density at radius 1 is 1.28 bits per heavy atom. The second-order valence-corrected chi connectivity index (χ2v) is 5.55. The van der Waals surface area contributed by atoms with Crippen molar-refractivity contribution in [1.82, 2.24) is 9.88 Å². The van der Waals surface area contributed by atoms with Gasteiger partial charge < -0.3 is 4.90 Å². The van der Waals surface area contributed by atoms with Crippen LogP contribution >= 0.6 is 11.6 Å². The molecule has 0 amide bonds. The Hall–Kier alpha value is -0.800. The van der Waals surface area contributed by atoms with E-state index in [-0.39, 0.29) is 0 Å². The summed E-state index contributed by atoms with van der Waals surface area (Å²) in [7, 11) is 0. The first kappa shape index (κ1) is 12.2. The molecule has 98 valence electrons. The van der Waals surface area contributed by atoms with Crippen LogP contribution in [0.25, 0.3) is 0 Å². The molecule has 0 bridgehead atoms. The number of halogens is 1. The molecule has 0 N–H and O–H groups in total. The fourth-order valence-electron chi connectivity index (χ4n) is 3.08. The molecule has 1 atom stereocenters. The second-order valence-electron chi connectivity index (χ2n) is 5.29. The Morgan fingerprint density at radius 3 is 3.11 bits per heavy atom. The zero-order valence-electron chi connectivity index (χ0n) is 10.7. The monoisotopic (exact) mass is 265 g/mol.